The minimum Gasteiger partial charge on any atom is -0.417 e. The molecule has 2 N–H and O–H groups in total. The van der Waals surface area contributed by atoms with Gasteiger partial charge in [-0.25, -0.2) is 23.1 Å². The molecule has 30 heavy (non-hydrogen) atoms. The molecule has 1 aromatic heterocycles. The highest BCUT2D eigenvalue weighted by Crippen LogP contribution is 2.47. The number of halogens is 5. The van der Waals surface area contributed by atoms with Gasteiger partial charge in [0.15, 0.2) is 5.17 Å². The number of alkyl halides is 4. The van der Waals surface area contributed by atoms with E-state index in [9.17, 15) is 22.0 Å². The van der Waals surface area contributed by atoms with E-state index in [1.165, 1.54) is 22.7 Å². The van der Waals surface area contributed by atoms with Crippen LogP contribution in [-0.2, 0) is 5.54 Å². The van der Waals surface area contributed by atoms with Crippen LogP contribution in [0.5, 0.6) is 5.88 Å². The van der Waals surface area contributed by atoms with Gasteiger partial charge in [-0.15, -0.1) is 0 Å². The molecule has 4 rings (SSSR count). The van der Waals surface area contributed by atoms with Gasteiger partial charge in [0, 0.05) is 29.8 Å². The Kier molecular flexibility index (Phi) is 5.43. The molecule has 0 amide bonds. The van der Waals surface area contributed by atoms with Crippen LogP contribution in [0, 0.1) is 11.7 Å². The summed E-state index contributed by atoms with van der Waals surface area (Å²) in [5, 5.41) is 0.278. The number of fused-ring (bicyclic) bond motifs is 1. The first-order chi connectivity index (χ1) is 14.3. The lowest BCUT2D eigenvalue weighted by atomic mass is 9.81. The molecular formula is C18H16F5N5OS. The molecule has 0 saturated carbocycles. The third-order valence-electron chi connectivity index (χ3n) is 5.06. The van der Waals surface area contributed by atoms with Crippen molar-refractivity contribution in [2.75, 3.05) is 23.7 Å². The Morgan fingerprint density at radius 2 is 1.97 bits per heavy atom. The second-order valence-electron chi connectivity index (χ2n) is 6.85. The highest BCUT2D eigenvalue weighted by molar-refractivity contribution is 8.13. The number of rotatable bonds is 5. The van der Waals surface area contributed by atoms with Crippen LogP contribution in [0.2, 0.25) is 0 Å². The third-order valence-corrected chi connectivity index (χ3v) is 6.01. The fourth-order valence-electron chi connectivity index (χ4n) is 3.80. The zero-order valence-electron chi connectivity index (χ0n) is 15.3. The molecule has 0 radical (unpaired) electrons. The van der Waals surface area contributed by atoms with E-state index in [2.05, 4.69) is 19.7 Å². The minimum absolute atomic E-state index is 0.0423. The predicted molar refractivity (Wildman–Crippen MR) is 101 cm³/mol. The number of nitrogens with zero attached hydrogens (tertiary/aromatic N) is 4. The molecule has 1 saturated heterocycles. The van der Waals surface area contributed by atoms with Crippen LogP contribution in [0.25, 0.3) is 0 Å². The molecule has 1 aromatic carbocycles. The second kappa shape index (κ2) is 7.89. The summed E-state index contributed by atoms with van der Waals surface area (Å²) in [6, 6.07) is 6.79. The molecule has 0 spiro atoms. The lowest BCUT2D eigenvalue weighted by Gasteiger charge is -2.34. The molecule has 0 aliphatic carbocycles. The van der Waals surface area contributed by atoms with Crippen LogP contribution in [-0.4, -0.2) is 40.6 Å². The first kappa shape index (κ1) is 20.6. The summed E-state index contributed by atoms with van der Waals surface area (Å²) in [5.74, 6) is -1.08. The number of amidine groups is 1. The molecule has 2 aliphatic rings. The van der Waals surface area contributed by atoms with Gasteiger partial charge in [-0.2, -0.15) is 13.8 Å². The van der Waals surface area contributed by atoms with Crippen molar-refractivity contribution >= 4 is 22.9 Å². The summed E-state index contributed by atoms with van der Waals surface area (Å²) < 4.78 is 70.6. The third kappa shape index (κ3) is 3.75. The SMILES string of the molecule is NC1=N[C@@]2(c3ccccc3F)CN(c3nc(OC(F)F)cc(C(F)F)n3)C[C@H]2CS1. The highest BCUT2D eigenvalue weighted by Gasteiger charge is 2.52. The van der Waals surface area contributed by atoms with Crippen molar-refractivity contribution < 1.29 is 26.7 Å². The Bertz CT molecular complexity index is 978. The van der Waals surface area contributed by atoms with Crippen molar-refractivity contribution in [1.82, 2.24) is 9.97 Å². The maximum absolute atomic E-state index is 14.7. The lowest BCUT2D eigenvalue weighted by Crippen LogP contribution is -2.40. The zero-order valence-corrected chi connectivity index (χ0v) is 16.1. The average Bonchev–Trinajstić information content (AvgIpc) is 3.07. The summed E-state index contributed by atoms with van der Waals surface area (Å²) in [7, 11) is 0. The molecule has 2 atom stereocenters. The van der Waals surface area contributed by atoms with Crippen molar-refractivity contribution in [2.45, 2.75) is 18.6 Å². The van der Waals surface area contributed by atoms with E-state index in [4.69, 9.17) is 5.73 Å². The second-order valence-corrected chi connectivity index (χ2v) is 7.89. The number of aliphatic imine (C=N–C) groups is 1. The van der Waals surface area contributed by atoms with E-state index >= 15 is 0 Å². The van der Waals surface area contributed by atoms with Gasteiger partial charge in [-0.1, -0.05) is 30.0 Å². The normalized spacial score (nSPS) is 23.6. The van der Waals surface area contributed by atoms with Crippen LogP contribution in [0.15, 0.2) is 35.3 Å². The van der Waals surface area contributed by atoms with Crippen LogP contribution in [0.3, 0.4) is 0 Å². The standard InChI is InChI=1S/C18H16F5N5OS/c19-11-4-2-1-3-10(11)18-8-28(6-9(18)7-30-16(24)27-18)17-25-12(14(20)21)5-13(26-17)29-15(22)23/h1-5,9,14-15H,6-8H2,(H2,24,27)/t9-,18-/m0/s1. The first-order valence-corrected chi connectivity index (χ1v) is 9.87. The molecule has 0 unspecified atom stereocenters. The Morgan fingerprint density at radius 3 is 2.67 bits per heavy atom. The van der Waals surface area contributed by atoms with Crippen LogP contribution in [0.4, 0.5) is 27.9 Å². The largest absolute Gasteiger partial charge is 0.417 e. The van der Waals surface area contributed by atoms with Gasteiger partial charge in [-0.3, -0.25) is 0 Å². The Hall–Kier alpha value is -2.63. The van der Waals surface area contributed by atoms with E-state index in [1.54, 1.807) is 18.2 Å². The van der Waals surface area contributed by atoms with Crippen LogP contribution in [0.1, 0.15) is 17.7 Å². The summed E-state index contributed by atoms with van der Waals surface area (Å²) in [4.78, 5) is 13.7. The molecule has 160 valence electrons. The van der Waals surface area contributed by atoms with Crippen molar-refractivity contribution in [3.8, 4) is 5.88 Å². The van der Waals surface area contributed by atoms with E-state index in [-0.39, 0.29) is 30.1 Å². The predicted octanol–water partition coefficient (Wildman–Crippen LogP) is 3.55. The summed E-state index contributed by atoms with van der Waals surface area (Å²) in [5.41, 5.74) is 4.42. The smallest absolute Gasteiger partial charge is 0.388 e. The number of hydrogen-bond acceptors (Lipinski definition) is 7. The number of anilines is 1. The van der Waals surface area contributed by atoms with Gasteiger partial charge in [0.05, 0.1) is 6.54 Å². The number of thioether (sulfide) groups is 1. The number of benzene rings is 1. The lowest BCUT2D eigenvalue weighted by molar-refractivity contribution is -0.0531. The fourth-order valence-corrected chi connectivity index (χ4v) is 4.78. The summed E-state index contributed by atoms with van der Waals surface area (Å²) >= 11 is 1.30. The number of aromatic nitrogens is 2. The Labute approximate surface area is 172 Å². The molecule has 3 heterocycles. The van der Waals surface area contributed by atoms with E-state index in [0.717, 1.165) is 0 Å². The molecule has 1 fully saturated rings. The van der Waals surface area contributed by atoms with Crippen LogP contribution >= 0.6 is 11.8 Å². The number of ether oxygens (including phenoxy) is 1. The molecule has 0 bridgehead atoms. The molecule has 12 heteroatoms. The van der Waals surface area contributed by atoms with Gasteiger partial charge in [0.25, 0.3) is 6.43 Å². The number of hydrogen-bond donors (Lipinski definition) is 1. The van der Waals surface area contributed by atoms with Crippen molar-refractivity contribution in [3.63, 3.8) is 0 Å². The van der Waals surface area contributed by atoms with Gasteiger partial charge in [0.2, 0.25) is 11.8 Å². The monoisotopic (exact) mass is 445 g/mol. The van der Waals surface area contributed by atoms with Crippen molar-refractivity contribution in [2.24, 2.45) is 16.6 Å². The Morgan fingerprint density at radius 1 is 1.20 bits per heavy atom. The molecule has 2 aliphatic heterocycles. The maximum atomic E-state index is 14.7. The van der Waals surface area contributed by atoms with Gasteiger partial charge >= 0.3 is 6.61 Å². The number of nitrogens with two attached hydrogens (primary N) is 1. The topological polar surface area (TPSA) is 76.6 Å². The van der Waals surface area contributed by atoms with Gasteiger partial charge < -0.3 is 15.4 Å². The van der Waals surface area contributed by atoms with Crippen LogP contribution < -0.4 is 15.4 Å². The van der Waals surface area contributed by atoms with Gasteiger partial charge in [-0.05, 0) is 6.07 Å². The maximum Gasteiger partial charge on any atom is 0.388 e. The summed E-state index contributed by atoms with van der Waals surface area (Å²) in [6.45, 7) is -2.94. The van der Waals surface area contributed by atoms with Gasteiger partial charge in [0.1, 0.15) is 17.1 Å². The molecular weight excluding hydrogens is 429 g/mol. The quantitative estimate of drug-likeness (QED) is 0.710. The first-order valence-electron chi connectivity index (χ1n) is 8.88. The highest BCUT2D eigenvalue weighted by atomic mass is 32.2. The molecule has 6 nitrogen and oxygen atoms in total. The Balaban J connectivity index is 1.76. The minimum atomic E-state index is -3.23. The van der Waals surface area contributed by atoms with Crippen molar-refractivity contribution in [3.05, 3.63) is 47.4 Å². The van der Waals surface area contributed by atoms with E-state index in [1.807, 2.05) is 0 Å². The van der Waals surface area contributed by atoms with E-state index < -0.39 is 36.0 Å². The fraction of sp³-hybridized carbons (Fsp3) is 0.389. The average molecular weight is 445 g/mol. The van der Waals surface area contributed by atoms with E-state index in [0.29, 0.717) is 17.4 Å². The molecule has 2 aromatic rings. The zero-order chi connectivity index (χ0) is 21.5. The summed E-state index contributed by atoms with van der Waals surface area (Å²) in [6.07, 6.45) is -3.01. The van der Waals surface area contributed by atoms with Crippen molar-refractivity contribution in [1.29, 1.82) is 0 Å².